The molecule has 0 spiro atoms. The molecule has 0 aliphatic rings. The normalized spacial score (nSPS) is 11.2. The van der Waals surface area contributed by atoms with E-state index in [1.54, 1.807) is 0 Å². The Morgan fingerprint density at radius 2 is 2.00 bits per heavy atom. The summed E-state index contributed by atoms with van der Waals surface area (Å²) in [5, 5.41) is 10.5. The number of anilines is 1. The number of nitro groups is 1. The van der Waals surface area contributed by atoms with Gasteiger partial charge in [0.15, 0.2) is 0 Å². The number of nitrogen functional groups attached to an aromatic ring is 1. The molecule has 3 N–H and O–H groups in total. The van der Waals surface area contributed by atoms with E-state index < -0.39 is 22.4 Å². The summed E-state index contributed by atoms with van der Waals surface area (Å²) in [5.41, 5.74) is -0.939. The van der Waals surface area contributed by atoms with Crippen molar-refractivity contribution in [1.29, 1.82) is 0 Å². The summed E-state index contributed by atoms with van der Waals surface area (Å²) in [7, 11) is 0. The SMILES string of the molecule is NNc1cccc(C(F)(F)F)c1[N+](=O)[O-]. The zero-order valence-corrected chi connectivity index (χ0v) is 7.21. The van der Waals surface area contributed by atoms with Gasteiger partial charge >= 0.3 is 11.9 Å². The monoisotopic (exact) mass is 221 g/mol. The van der Waals surface area contributed by atoms with Crippen molar-refractivity contribution in [2.75, 3.05) is 5.43 Å². The Balaban J connectivity index is 3.46. The van der Waals surface area contributed by atoms with Gasteiger partial charge in [-0.1, -0.05) is 6.07 Å². The van der Waals surface area contributed by atoms with Crippen LogP contribution in [0.15, 0.2) is 18.2 Å². The van der Waals surface area contributed by atoms with Gasteiger partial charge < -0.3 is 5.43 Å². The number of halogens is 3. The molecular formula is C7H6F3N3O2. The summed E-state index contributed by atoms with van der Waals surface area (Å²) < 4.78 is 37.1. The van der Waals surface area contributed by atoms with E-state index in [2.05, 4.69) is 0 Å². The van der Waals surface area contributed by atoms with Gasteiger partial charge in [-0.3, -0.25) is 16.0 Å². The van der Waals surface area contributed by atoms with Crippen LogP contribution in [0.2, 0.25) is 0 Å². The Morgan fingerprint density at radius 1 is 1.40 bits per heavy atom. The highest BCUT2D eigenvalue weighted by Gasteiger charge is 2.39. The molecule has 82 valence electrons. The van der Waals surface area contributed by atoms with Gasteiger partial charge in [-0.2, -0.15) is 13.2 Å². The van der Waals surface area contributed by atoms with E-state index in [4.69, 9.17) is 5.84 Å². The van der Waals surface area contributed by atoms with E-state index in [1.165, 1.54) is 0 Å². The highest BCUT2D eigenvalue weighted by molar-refractivity contribution is 5.65. The van der Waals surface area contributed by atoms with Crippen molar-refractivity contribution < 1.29 is 18.1 Å². The maximum Gasteiger partial charge on any atom is 0.423 e. The van der Waals surface area contributed by atoms with Gasteiger partial charge in [-0.05, 0) is 12.1 Å². The molecular weight excluding hydrogens is 215 g/mol. The van der Waals surface area contributed by atoms with Crippen LogP contribution in [0.5, 0.6) is 0 Å². The van der Waals surface area contributed by atoms with Crippen LogP contribution in [-0.4, -0.2) is 4.92 Å². The third kappa shape index (κ3) is 2.15. The summed E-state index contributed by atoms with van der Waals surface area (Å²) in [6, 6.07) is 2.75. The van der Waals surface area contributed by atoms with Gasteiger partial charge in [0.1, 0.15) is 11.3 Å². The van der Waals surface area contributed by atoms with E-state index in [9.17, 15) is 23.3 Å². The second-order valence-electron chi connectivity index (χ2n) is 2.60. The maximum absolute atomic E-state index is 12.4. The molecule has 0 aliphatic carbocycles. The average molecular weight is 221 g/mol. The summed E-state index contributed by atoms with van der Waals surface area (Å²) in [6.07, 6.45) is -4.78. The number of nitro benzene ring substituents is 1. The van der Waals surface area contributed by atoms with Crippen LogP contribution in [0, 0.1) is 10.1 Å². The Kier molecular flexibility index (Phi) is 2.80. The number of alkyl halides is 3. The molecule has 15 heavy (non-hydrogen) atoms. The Morgan fingerprint density at radius 3 is 2.40 bits per heavy atom. The van der Waals surface area contributed by atoms with Gasteiger partial charge in [0.05, 0.1) is 4.92 Å². The van der Waals surface area contributed by atoms with E-state index in [-0.39, 0.29) is 5.69 Å². The molecule has 0 heterocycles. The predicted octanol–water partition coefficient (Wildman–Crippen LogP) is 1.90. The number of rotatable bonds is 2. The van der Waals surface area contributed by atoms with Crippen molar-refractivity contribution in [3.05, 3.63) is 33.9 Å². The molecule has 1 aromatic rings. The molecule has 0 saturated carbocycles. The smallest absolute Gasteiger partial charge is 0.318 e. The highest BCUT2D eigenvalue weighted by Crippen LogP contribution is 2.39. The van der Waals surface area contributed by atoms with Gasteiger partial charge in [-0.25, -0.2) is 0 Å². The Hall–Kier alpha value is -1.83. The first-order chi connectivity index (χ1) is 6.88. The van der Waals surface area contributed by atoms with Gasteiger partial charge in [0.25, 0.3) is 0 Å². The summed E-state index contributed by atoms with van der Waals surface area (Å²) in [4.78, 5) is 9.33. The lowest BCUT2D eigenvalue weighted by molar-refractivity contribution is -0.387. The van der Waals surface area contributed by atoms with Crippen molar-refractivity contribution in [3.8, 4) is 0 Å². The molecule has 0 aromatic heterocycles. The quantitative estimate of drug-likeness (QED) is 0.454. The fourth-order valence-electron chi connectivity index (χ4n) is 1.09. The molecule has 1 aromatic carbocycles. The zero-order valence-electron chi connectivity index (χ0n) is 7.21. The lowest BCUT2D eigenvalue weighted by Gasteiger charge is -2.09. The van der Waals surface area contributed by atoms with Crippen molar-refractivity contribution in [1.82, 2.24) is 0 Å². The molecule has 8 heteroatoms. The van der Waals surface area contributed by atoms with E-state index in [0.717, 1.165) is 12.1 Å². The van der Waals surface area contributed by atoms with E-state index in [1.807, 2.05) is 5.43 Å². The second kappa shape index (κ2) is 3.73. The van der Waals surface area contributed by atoms with Crippen LogP contribution in [0.4, 0.5) is 24.5 Å². The standard InChI is InChI=1S/C7H6F3N3O2/c8-7(9,10)4-2-1-3-5(12-11)6(4)13(14)15/h1-3,12H,11H2. The summed E-state index contributed by atoms with van der Waals surface area (Å²) >= 11 is 0. The molecule has 0 unspecified atom stereocenters. The largest absolute Gasteiger partial charge is 0.423 e. The minimum atomic E-state index is -4.78. The van der Waals surface area contributed by atoms with Crippen LogP contribution >= 0.6 is 0 Å². The van der Waals surface area contributed by atoms with Gasteiger partial charge in [-0.15, -0.1) is 0 Å². The molecule has 0 bridgehead atoms. The predicted molar refractivity (Wildman–Crippen MR) is 45.9 cm³/mol. The lowest BCUT2D eigenvalue weighted by Crippen LogP contribution is -2.14. The number of hydrogen-bond acceptors (Lipinski definition) is 4. The fourth-order valence-corrected chi connectivity index (χ4v) is 1.09. The molecule has 0 amide bonds. The topological polar surface area (TPSA) is 81.2 Å². The molecule has 1 rings (SSSR count). The van der Waals surface area contributed by atoms with Crippen molar-refractivity contribution in [2.24, 2.45) is 5.84 Å². The average Bonchev–Trinajstić information content (AvgIpc) is 2.15. The number of nitrogens with two attached hydrogens (primary N) is 1. The lowest BCUT2D eigenvalue weighted by atomic mass is 10.1. The first kappa shape index (κ1) is 11.2. The number of para-hydroxylation sites is 1. The van der Waals surface area contributed by atoms with Crippen LogP contribution in [-0.2, 0) is 6.18 Å². The highest BCUT2D eigenvalue weighted by atomic mass is 19.4. The number of nitrogens with one attached hydrogen (secondary N) is 1. The fraction of sp³-hybridized carbons (Fsp3) is 0.143. The Bertz CT molecular complexity index is 392. The third-order valence-electron chi connectivity index (χ3n) is 1.68. The first-order valence-electron chi connectivity index (χ1n) is 3.69. The number of hydrogen-bond donors (Lipinski definition) is 2. The van der Waals surface area contributed by atoms with Crippen LogP contribution < -0.4 is 11.3 Å². The number of nitrogens with zero attached hydrogens (tertiary/aromatic N) is 1. The summed E-state index contributed by atoms with van der Waals surface area (Å²) in [5.74, 6) is 4.88. The van der Waals surface area contributed by atoms with E-state index >= 15 is 0 Å². The number of benzene rings is 1. The Labute approximate surface area is 81.8 Å². The summed E-state index contributed by atoms with van der Waals surface area (Å²) in [6.45, 7) is 0. The van der Waals surface area contributed by atoms with Crippen molar-refractivity contribution in [3.63, 3.8) is 0 Å². The van der Waals surface area contributed by atoms with Crippen LogP contribution in [0.25, 0.3) is 0 Å². The second-order valence-corrected chi connectivity index (χ2v) is 2.60. The molecule has 0 saturated heterocycles. The maximum atomic E-state index is 12.4. The van der Waals surface area contributed by atoms with Gasteiger partial charge in [0, 0.05) is 0 Å². The zero-order chi connectivity index (χ0) is 11.6. The van der Waals surface area contributed by atoms with Crippen LogP contribution in [0.1, 0.15) is 5.56 Å². The van der Waals surface area contributed by atoms with Gasteiger partial charge in [0.2, 0.25) is 0 Å². The van der Waals surface area contributed by atoms with Crippen molar-refractivity contribution >= 4 is 11.4 Å². The minimum absolute atomic E-state index is 0.380. The molecule has 0 atom stereocenters. The molecule has 0 radical (unpaired) electrons. The molecule has 0 fully saturated rings. The third-order valence-corrected chi connectivity index (χ3v) is 1.68. The minimum Gasteiger partial charge on any atom is -0.318 e. The van der Waals surface area contributed by atoms with Crippen molar-refractivity contribution in [2.45, 2.75) is 6.18 Å². The van der Waals surface area contributed by atoms with Crippen LogP contribution in [0.3, 0.4) is 0 Å². The molecule has 0 aliphatic heterocycles. The van der Waals surface area contributed by atoms with E-state index in [0.29, 0.717) is 6.07 Å². The first-order valence-corrected chi connectivity index (χ1v) is 3.69. The molecule has 5 nitrogen and oxygen atoms in total. The number of hydrazine groups is 1.